The van der Waals surface area contributed by atoms with Crippen molar-refractivity contribution < 1.29 is 34.6 Å². The van der Waals surface area contributed by atoms with Crippen LogP contribution in [-0.4, -0.2) is 74.1 Å². The fraction of sp³-hybridized carbons (Fsp3) is 0.571. The van der Waals surface area contributed by atoms with Crippen LogP contribution in [0.3, 0.4) is 0 Å². The second kappa shape index (κ2) is 9.76. The van der Waals surface area contributed by atoms with Crippen LogP contribution in [0.1, 0.15) is 30.7 Å². The van der Waals surface area contributed by atoms with Crippen molar-refractivity contribution in [2.75, 3.05) is 13.2 Å². The van der Waals surface area contributed by atoms with Gasteiger partial charge in [-0.15, -0.1) is 5.10 Å². The second-order valence-corrected chi connectivity index (χ2v) is 7.25. The van der Waals surface area contributed by atoms with Gasteiger partial charge < -0.3 is 34.6 Å². The molecule has 9 nitrogen and oxygen atoms in total. The molecule has 0 bridgehead atoms. The highest BCUT2D eigenvalue weighted by Gasteiger charge is 2.45. The first kappa shape index (κ1) is 22.5. The third-order valence-corrected chi connectivity index (χ3v) is 5.28. The van der Waals surface area contributed by atoms with Crippen LogP contribution in [0.4, 0.5) is 0 Å². The van der Waals surface area contributed by atoms with Crippen molar-refractivity contribution in [1.82, 2.24) is 9.78 Å². The molecule has 1 aromatic carbocycles. The molecular formula is C21H30N2O7. The molecule has 1 saturated heterocycles. The summed E-state index contributed by atoms with van der Waals surface area (Å²) in [5.41, 5.74) is 2.75. The van der Waals surface area contributed by atoms with Crippen molar-refractivity contribution in [1.29, 1.82) is 0 Å². The van der Waals surface area contributed by atoms with Crippen LogP contribution in [0.25, 0.3) is 0 Å². The van der Waals surface area contributed by atoms with E-state index in [1.54, 1.807) is 4.68 Å². The topological polar surface area (TPSA) is 126 Å². The fourth-order valence-corrected chi connectivity index (χ4v) is 3.51. The normalized spacial score (nSPS) is 26.6. The Morgan fingerprint density at radius 1 is 1.07 bits per heavy atom. The van der Waals surface area contributed by atoms with E-state index in [2.05, 4.69) is 5.10 Å². The van der Waals surface area contributed by atoms with Crippen molar-refractivity contribution in [3.8, 4) is 11.6 Å². The molecule has 0 saturated carbocycles. The minimum atomic E-state index is -1.51. The first-order valence-electron chi connectivity index (χ1n) is 10.1. The summed E-state index contributed by atoms with van der Waals surface area (Å²) in [6.07, 6.45) is -6.23. The van der Waals surface area contributed by atoms with Crippen LogP contribution in [-0.2, 0) is 17.7 Å². The molecule has 0 radical (unpaired) electrons. The number of hydrogen-bond donors (Lipinski definition) is 4. The van der Waals surface area contributed by atoms with Gasteiger partial charge in [0.05, 0.1) is 13.2 Å². The Labute approximate surface area is 175 Å². The van der Waals surface area contributed by atoms with Crippen molar-refractivity contribution in [3.05, 3.63) is 41.1 Å². The Morgan fingerprint density at radius 2 is 1.77 bits per heavy atom. The summed E-state index contributed by atoms with van der Waals surface area (Å²) in [6.45, 7) is 6.52. The molecule has 9 heteroatoms. The van der Waals surface area contributed by atoms with E-state index in [1.807, 2.05) is 45.0 Å². The van der Waals surface area contributed by atoms with Gasteiger partial charge in [0, 0.05) is 24.2 Å². The Balaban J connectivity index is 1.84. The van der Waals surface area contributed by atoms with Crippen LogP contribution in [0.15, 0.2) is 24.3 Å². The van der Waals surface area contributed by atoms with E-state index in [9.17, 15) is 20.4 Å². The Hall–Kier alpha value is -2.17. The SMILES string of the molecule is CCOc1ccc(Cc2c(OC3O[C@H](CO)[C@@H](O)[C@H](O)[C@H]3O)nn(CC)c2C)cc1. The Bertz CT molecular complexity index is 822. The van der Waals surface area contributed by atoms with E-state index < -0.39 is 37.3 Å². The third kappa shape index (κ3) is 4.60. The monoisotopic (exact) mass is 422 g/mol. The number of aliphatic hydroxyl groups excluding tert-OH is 4. The molecule has 0 aliphatic carbocycles. The minimum Gasteiger partial charge on any atom is -0.494 e. The zero-order chi connectivity index (χ0) is 21.8. The molecule has 166 valence electrons. The summed E-state index contributed by atoms with van der Waals surface area (Å²) >= 11 is 0. The lowest BCUT2D eigenvalue weighted by atomic mass is 9.99. The number of ether oxygens (including phenoxy) is 3. The van der Waals surface area contributed by atoms with Gasteiger partial charge in [0.1, 0.15) is 30.2 Å². The molecule has 1 fully saturated rings. The Kier molecular flexibility index (Phi) is 7.32. The lowest BCUT2D eigenvalue weighted by molar-refractivity contribution is -0.278. The molecule has 2 aromatic rings. The third-order valence-electron chi connectivity index (χ3n) is 5.28. The van der Waals surface area contributed by atoms with Crippen molar-refractivity contribution in [2.45, 2.75) is 64.4 Å². The minimum absolute atomic E-state index is 0.271. The van der Waals surface area contributed by atoms with Gasteiger partial charge in [-0.25, -0.2) is 0 Å². The first-order chi connectivity index (χ1) is 14.4. The van der Waals surface area contributed by atoms with Gasteiger partial charge >= 0.3 is 0 Å². The van der Waals surface area contributed by atoms with Crippen molar-refractivity contribution in [2.24, 2.45) is 0 Å². The number of aromatic nitrogens is 2. The predicted octanol–water partition coefficient (Wildman–Crippen LogP) is 0.380. The van der Waals surface area contributed by atoms with Gasteiger partial charge in [-0.3, -0.25) is 4.68 Å². The lowest BCUT2D eigenvalue weighted by Gasteiger charge is -2.39. The van der Waals surface area contributed by atoms with E-state index in [0.717, 1.165) is 22.6 Å². The van der Waals surface area contributed by atoms with E-state index in [4.69, 9.17) is 14.2 Å². The number of hydrogen-bond acceptors (Lipinski definition) is 8. The zero-order valence-electron chi connectivity index (χ0n) is 17.4. The molecule has 1 aromatic heterocycles. The highest BCUT2D eigenvalue weighted by atomic mass is 16.7. The average Bonchev–Trinajstić information content (AvgIpc) is 3.04. The Morgan fingerprint density at radius 3 is 2.37 bits per heavy atom. The van der Waals surface area contributed by atoms with Gasteiger partial charge in [-0.1, -0.05) is 12.1 Å². The van der Waals surface area contributed by atoms with Crippen molar-refractivity contribution in [3.63, 3.8) is 0 Å². The quantitative estimate of drug-likeness (QED) is 0.481. The number of benzene rings is 1. The van der Waals surface area contributed by atoms with E-state index in [-0.39, 0.29) is 5.88 Å². The van der Waals surface area contributed by atoms with Gasteiger partial charge in [-0.05, 0) is 38.5 Å². The molecule has 1 aliphatic rings. The molecule has 0 spiro atoms. The number of rotatable bonds is 8. The van der Waals surface area contributed by atoms with Crippen LogP contribution < -0.4 is 9.47 Å². The molecule has 0 amide bonds. The molecular weight excluding hydrogens is 392 g/mol. The van der Waals surface area contributed by atoms with E-state index in [0.29, 0.717) is 19.6 Å². The molecule has 30 heavy (non-hydrogen) atoms. The summed E-state index contributed by atoms with van der Waals surface area (Å²) in [6, 6.07) is 7.73. The molecule has 5 atom stereocenters. The molecule has 3 rings (SSSR count). The maximum absolute atomic E-state index is 10.3. The fourth-order valence-electron chi connectivity index (χ4n) is 3.51. The second-order valence-electron chi connectivity index (χ2n) is 7.25. The maximum atomic E-state index is 10.3. The number of aryl methyl sites for hydroxylation is 1. The lowest BCUT2D eigenvalue weighted by Crippen LogP contribution is -2.60. The maximum Gasteiger partial charge on any atom is 0.239 e. The van der Waals surface area contributed by atoms with Crippen molar-refractivity contribution >= 4 is 0 Å². The van der Waals surface area contributed by atoms with Crippen LogP contribution >= 0.6 is 0 Å². The summed E-state index contributed by atoms with van der Waals surface area (Å²) in [5, 5.41) is 44.1. The summed E-state index contributed by atoms with van der Waals surface area (Å²) in [5.74, 6) is 1.06. The summed E-state index contributed by atoms with van der Waals surface area (Å²) in [4.78, 5) is 0. The predicted molar refractivity (Wildman–Crippen MR) is 107 cm³/mol. The van der Waals surface area contributed by atoms with Crippen LogP contribution in [0.5, 0.6) is 11.6 Å². The number of aliphatic hydroxyl groups is 4. The number of nitrogens with zero attached hydrogens (tertiary/aromatic N) is 2. The van der Waals surface area contributed by atoms with E-state index >= 15 is 0 Å². The largest absolute Gasteiger partial charge is 0.494 e. The molecule has 4 N–H and O–H groups in total. The standard InChI is InChI=1S/C21H30N2O7/c1-4-23-12(3)15(10-13-6-8-14(9-7-13)28-5-2)20(22-23)30-21-19(27)18(26)17(25)16(11-24)29-21/h6-9,16-19,21,24-27H,4-5,10-11H2,1-3H3/t16-,17-,18+,19-,21?/m1/s1. The van der Waals surface area contributed by atoms with Crippen LogP contribution in [0, 0.1) is 6.92 Å². The smallest absolute Gasteiger partial charge is 0.239 e. The average molecular weight is 422 g/mol. The summed E-state index contributed by atoms with van der Waals surface area (Å²) < 4.78 is 18.6. The highest BCUT2D eigenvalue weighted by molar-refractivity contribution is 5.38. The first-order valence-corrected chi connectivity index (χ1v) is 10.1. The zero-order valence-corrected chi connectivity index (χ0v) is 17.4. The van der Waals surface area contributed by atoms with Gasteiger partial charge in [0.2, 0.25) is 12.2 Å². The van der Waals surface area contributed by atoms with Gasteiger partial charge in [-0.2, -0.15) is 0 Å². The molecule has 1 aliphatic heterocycles. The summed E-state index contributed by atoms with van der Waals surface area (Å²) in [7, 11) is 0. The molecule has 1 unspecified atom stereocenters. The van der Waals surface area contributed by atoms with E-state index in [1.165, 1.54) is 0 Å². The molecule has 2 heterocycles. The van der Waals surface area contributed by atoms with Crippen LogP contribution in [0.2, 0.25) is 0 Å². The van der Waals surface area contributed by atoms with Gasteiger partial charge in [0.15, 0.2) is 0 Å². The highest BCUT2D eigenvalue weighted by Crippen LogP contribution is 2.29. The van der Waals surface area contributed by atoms with Gasteiger partial charge in [0.25, 0.3) is 0 Å².